The van der Waals surface area contributed by atoms with Crippen molar-refractivity contribution in [1.29, 1.82) is 0 Å². The Morgan fingerprint density at radius 1 is 1.40 bits per heavy atom. The predicted molar refractivity (Wildman–Crippen MR) is 97.1 cm³/mol. The van der Waals surface area contributed by atoms with Gasteiger partial charge in [-0.05, 0) is 31.4 Å². The molecule has 0 aromatic carbocycles. The molecule has 1 aliphatic heterocycles. The van der Waals surface area contributed by atoms with Gasteiger partial charge in [-0.2, -0.15) is 0 Å². The van der Waals surface area contributed by atoms with E-state index < -0.39 is 5.72 Å². The summed E-state index contributed by atoms with van der Waals surface area (Å²) in [6.07, 6.45) is 9.02. The normalized spacial score (nSPS) is 25.9. The van der Waals surface area contributed by atoms with E-state index in [-0.39, 0.29) is 30.0 Å². The van der Waals surface area contributed by atoms with E-state index in [1.807, 2.05) is 12.1 Å². The largest absolute Gasteiger partial charge is 0.468 e. The van der Waals surface area contributed by atoms with Gasteiger partial charge in [0.2, 0.25) is 5.91 Å². The minimum atomic E-state index is -0.857. The summed E-state index contributed by atoms with van der Waals surface area (Å²) in [5.41, 5.74) is -0.857. The average molecular weight is 365 g/mol. The van der Waals surface area contributed by atoms with E-state index in [1.165, 1.54) is 32.1 Å². The van der Waals surface area contributed by atoms with Gasteiger partial charge in [-0.3, -0.25) is 9.59 Å². The second-order valence-electron chi connectivity index (χ2n) is 7.34. The van der Waals surface area contributed by atoms with E-state index in [9.17, 15) is 9.59 Å². The van der Waals surface area contributed by atoms with E-state index in [0.717, 1.165) is 12.2 Å². The summed E-state index contributed by atoms with van der Waals surface area (Å²) in [5, 5.41) is 2.82. The number of ether oxygens (including phenoxy) is 1. The van der Waals surface area contributed by atoms with Crippen LogP contribution < -0.4 is 5.32 Å². The number of thioether (sulfide) groups is 1. The van der Waals surface area contributed by atoms with Crippen LogP contribution in [0.1, 0.15) is 57.6 Å². The van der Waals surface area contributed by atoms with E-state index in [2.05, 4.69) is 5.32 Å². The van der Waals surface area contributed by atoms with Crippen molar-refractivity contribution in [3.05, 3.63) is 24.2 Å². The molecule has 138 valence electrons. The molecule has 0 radical (unpaired) electrons. The van der Waals surface area contributed by atoms with Crippen LogP contribution in [0.15, 0.2) is 22.8 Å². The zero-order valence-corrected chi connectivity index (χ0v) is 15.6. The molecule has 1 saturated carbocycles. The summed E-state index contributed by atoms with van der Waals surface area (Å²) in [7, 11) is 0. The van der Waals surface area contributed by atoms with Gasteiger partial charge in [0.15, 0.2) is 5.78 Å². The molecule has 2 atom stereocenters. The molecule has 3 rings (SSSR count). The summed E-state index contributed by atoms with van der Waals surface area (Å²) in [5.74, 6) is 2.17. The van der Waals surface area contributed by atoms with Crippen molar-refractivity contribution < 1.29 is 18.7 Å². The van der Waals surface area contributed by atoms with E-state index in [4.69, 9.17) is 9.15 Å². The van der Waals surface area contributed by atoms with Gasteiger partial charge in [0.1, 0.15) is 18.1 Å². The molecule has 2 unspecified atom stereocenters. The number of rotatable bonds is 7. The summed E-state index contributed by atoms with van der Waals surface area (Å²) in [4.78, 5) is 24.4. The van der Waals surface area contributed by atoms with Gasteiger partial charge in [-0.1, -0.05) is 32.1 Å². The fraction of sp³-hybridized carbons (Fsp3) is 0.684. The minimum Gasteiger partial charge on any atom is -0.468 e. The Balaban J connectivity index is 1.61. The second kappa shape index (κ2) is 8.41. The fourth-order valence-corrected chi connectivity index (χ4v) is 4.84. The summed E-state index contributed by atoms with van der Waals surface area (Å²) >= 11 is 1.62. The lowest BCUT2D eigenvalue weighted by molar-refractivity contribution is -0.128. The zero-order valence-electron chi connectivity index (χ0n) is 14.8. The number of Topliss-reactive ketones (excluding diaryl/α,β-unsaturated/α-hetero) is 1. The molecule has 6 heteroatoms. The monoisotopic (exact) mass is 365 g/mol. The first-order chi connectivity index (χ1) is 12.0. The highest BCUT2D eigenvalue weighted by atomic mass is 32.2. The van der Waals surface area contributed by atoms with Crippen LogP contribution in [0.2, 0.25) is 0 Å². The van der Waals surface area contributed by atoms with Crippen LogP contribution in [-0.2, 0) is 20.1 Å². The van der Waals surface area contributed by atoms with Gasteiger partial charge in [0.25, 0.3) is 0 Å². The quantitative estimate of drug-likeness (QED) is 0.798. The lowest BCUT2D eigenvalue weighted by Gasteiger charge is -2.29. The number of furan rings is 1. The Kier molecular flexibility index (Phi) is 6.23. The SMILES string of the molecule is CC1(NC(=O)C(CC2CCCCC2)SCc2ccco2)CC(=O)CO1. The van der Waals surface area contributed by atoms with Gasteiger partial charge in [0, 0.05) is 0 Å². The van der Waals surface area contributed by atoms with Crippen LogP contribution in [-0.4, -0.2) is 29.3 Å². The van der Waals surface area contributed by atoms with Crippen LogP contribution in [0.4, 0.5) is 0 Å². The first-order valence-electron chi connectivity index (χ1n) is 9.16. The summed E-state index contributed by atoms with van der Waals surface area (Å²) < 4.78 is 10.9. The molecule has 1 amide bonds. The maximum atomic E-state index is 12.9. The third-order valence-electron chi connectivity index (χ3n) is 5.05. The van der Waals surface area contributed by atoms with Gasteiger partial charge in [0.05, 0.1) is 23.7 Å². The molecule has 2 fully saturated rings. The molecule has 25 heavy (non-hydrogen) atoms. The first-order valence-corrected chi connectivity index (χ1v) is 10.2. The lowest BCUT2D eigenvalue weighted by atomic mass is 9.86. The molecule has 0 spiro atoms. The standard InChI is InChI=1S/C19H27NO4S/c1-19(11-15(21)12-24-19)20-18(22)17(10-14-6-3-2-4-7-14)25-13-16-8-5-9-23-16/h5,8-9,14,17H,2-4,6-7,10-13H2,1H3,(H,20,22). The van der Waals surface area contributed by atoms with Crippen molar-refractivity contribution in [3.63, 3.8) is 0 Å². The van der Waals surface area contributed by atoms with Gasteiger partial charge in [-0.15, -0.1) is 11.8 Å². The van der Waals surface area contributed by atoms with Crippen molar-refractivity contribution in [2.45, 2.75) is 68.6 Å². The number of nitrogens with one attached hydrogen (secondary N) is 1. The molecule has 1 saturated heterocycles. The molecule has 2 aliphatic rings. The number of ketones is 1. The molecule has 1 aromatic rings. The Morgan fingerprint density at radius 3 is 2.84 bits per heavy atom. The molecular weight excluding hydrogens is 338 g/mol. The number of carbonyl (C=O) groups excluding carboxylic acids is 2. The smallest absolute Gasteiger partial charge is 0.235 e. The predicted octanol–water partition coefficient (Wildman–Crippen LogP) is 3.67. The second-order valence-corrected chi connectivity index (χ2v) is 8.53. The van der Waals surface area contributed by atoms with Crippen molar-refractivity contribution >= 4 is 23.5 Å². The van der Waals surface area contributed by atoms with Crippen LogP contribution in [0.25, 0.3) is 0 Å². The van der Waals surface area contributed by atoms with Crippen molar-refractivity contribution in [3.8, 4) is 0 Å². The van der Waals surface area contributed by atoms with Crippen LogP contribution in [0.5, 0.6) is 0 Å². The Morgan fingerprint density at radius 2 is 2.20 bits per heavy atom. The number of hydrogen-bond donors (Lipinski definition) is 1. The van der Waals surface area contributed by atoms with Crippen molar-refractivity contribution in [2.24, 2.45) is 5.92 Å². The third kappa shape index (κ3) is 5.35. The van der Waals surface area contributed by atoms with E-state index >= 15 is 0 Å². The number of hydrogen-bond acceptors (Lipinski definition) is 5. The molecule has 1 aliphatic carbocycles. The van der Waals surface area contributed by atoms with Gasteiger partial charge < -0.3 is 14.5 Å². The highest BCUT2D eigenvalue weighted by Crippen LogP contribution is 2.33. The minimum absolute atomic E-state index is 0.0284. The van der Waals surface area contributed by atoms with Crippen LogP contribution >= 0.6 is 11.8 Å². The lowest BCUT2D eigenvalue weighted by Crippen LogP contribution is -2.49. The number of amides is 1. The van der Waals surface area contributed by atoms with E-state index in [0.29, 0.717) is 11.7 Å². The zero-order chi connectivity index (χ0) is 17.7. The Bertz CT molecular complexity index is 582. The highest BCUT2D eigenvalue weighted by molar-refractivity contribution is 7.99. The molecule has 2 heterocycles. The maximum Gasteiger partial charge on any atom is 0.235 e. The summed E-state index contributed by atoms with van der Waals surface area (Å²) in [6.45, 7) is 1.87. The number of carbonyl (C=O) groups is 2. The first kappa shape index (κ1) is 18.5. The van der Waals surface area contributed by atoms with Crippen LogP contribution in [0, 0.1) is 5.92 Å². The average Bonchev–Trinajstić information content (AvgIpc) is 3.22. The van der Waals surface area contributed by atoms with Crippen molar-refractivity contribution in [1.82, 2.24) is 5.32 Å². The van der Waals surface area contributed by atoms with Gasteiger partial charge >= 0.3 is 0 Å². The van der Waals surface area contributed by atoms with E-state index in [1.54, 1.807) is 24.9 Å². The fourth-order valence-electron chi connectivity index (χ4n) is 3.69. The molecule has 0 bridgehead atoms. The topological polar surface area (TPSA) is 68.5 Å². The molecule has 5 nitrogen and oxygen atoms in total. The molecule has 1 N–H and O–H groups in total. The van der Waals surface area contributed by atoms with Crippen molar-refractivity contribution in [2.75, 3.05) is 6.61 Å². The summed E-state index contributed by atoms with van der Waals surface area (Å²) in [6, 6.07) is 3.80. The highest BCUT2D eigenvalue weighted by Gasteiger charge is 2.38. The molecular formula is C19H27NO4S. The molecule has 1 aromatic heterocycles. The maximum absolute atomic E-state index is 12.9. The van der Waals surface area contributed by atoms with Crippen LogP contribution in [0.3, 0.4) is 0 Å². The third-order valence-corrected chi connectivity index (χ3v) is 6.31. The Labute approximate surface area is 153 Å². The Hall–Kier alpha value is -1.27. The van der Waals surface area contributed by atoms with Gasteiger partial charge in [-0.25, -0.2) is 0 Å².